The van der Waals surface area contributed by atoms with E-state index in [4.69, 9.17) is 14.6 Å². The number of halogens is 1. The van der Waals surface area contributed by atoms with Crippen LogP contribution >= 0.6 is 7.37 Å². The first kappa shape index (κ1) is 25.5. The summed E-state index contributed by atoms with van der Waals surface area (Å²) in [5.74, 6) is -0.402. The second-order valence-corrected chi connectivity index (χ2v) is 11.0. The van der Waals surface area contributed by atoms with Crippen molar-refractivity contribution in [3.05, 3.63) is 53.8 Å². The van der Waals surface area contributed by atoms with Gasteiger partial charge in [-0.15, -0.1) is 0 Å². The van der Waals surface area contributed by atoms with Crippen molar-refractivity contribution < 1.29 is 33.5 Å². The van der Waals surface area contributed by atoms with Gasteiger partial charge >= 0.3 is 0 Å². The molecule has 0 spiro atoms. The van der Waals surface area contributed by atoms with Gasteiger partial charge < -0.3 is 29.9 Å². The topological polar surface area (TPSA) is 108 Å². The Morgan fingerprint density at radius 1 is 1.06 bits per heavy atom. The van der Waals surface area contributed by atoms with Crippen LogP contribution < -0.4 is 14.8 Å². The van der Waals surface area contributed by atoms with E-state index in [9.17, 15) is 19.0 Å². The standard InChI is InChI=1S/C24H33FNO6P/c25-23-14-21(10-11-24(23)28)31-16-19(27)15-26-13-12-18-6-8-20(9-7-18)32-17-33(29,30)22-4-2-1-3-5-22/h6-11,14,19,22,26-28H,1-5,12-13,15-17H2,(H,29,30)/t19-/m0/s1. The third kappa shape index (κ3) is 8.31. The Kier molecular flexibility index (Phi) is 9.56. The van der Waals surface area contributed by atoms with E-state index >= 15 is 0 Å². The van der Waals surface area contributed by atoms with Crippen LogP contribution in [0.1, 0.15) is 37.7 Å². The maximum absolute atomic E-state index is 13.3. The summed E-state index contributed by atoms with van der Waals surface area (Å²) in [5.41, 5.74) is 0.930. The lowest BCUT2D eigenvalue weighted by Gasteiger charge is -2.26. The van der Waals surface area contributed by atoms with Gasteiger partial charge in [0.25, 0.3) is 0 Å². The highest BCUT2D eigenvalue weighted by molar-refractivity contribution is 7.58. The molecule has 0 bridgehead atoms. The molecule has 0 heterocycles. The zero-order valence-corrected chi connectivity index (χ0v) is 19.6. The second kappa shape index (κ2) is 12.4. The summed E-state index contributed by atoms with van der Waals surface area (Å²) < 4.78 is 36.8. The van der Waals surface area contributed by atoms with Crippen LogP contribution in [0.4, 0.5) is 4.39 Å². The first-order valence-corrected chi connectivity index (χ1v) is 13.3. The van der Waals surface area contributed by atoms with E-state index in [0.29, 0.717) is 18.8 Å². The molecule has 1 saturated carbocycles. The van der Waals surface area contributed by atoms with Gasteiger partial charge in [-0.3, -0.25) is 4.57 Å². The van der Waals surface area contributed by atoms with Gasteiger partial charge in [-0.2, -0.15) is 0 Å². The van der Waals surface area contributed by atoms with E-state index in [0.717, 1.165) is 50.2 Å². The number of nitrogens with one attached hydrogen (secondary N) is 1. The van der Waals surface area contributed by atoms with Crippen molar-refractivity contribution >= 4 is 7.37 Å². The van der Waals surface area contributed by atoms with Gasteiger partial charge in [-0.25, -0.2) is 4.39 Å². The molecule has 7 nitrogen and oxygen atoms in total. The number of benzene rings is 2. The van der Waals surface area contributed by atoms with E-state index < -0.39 is 25.0 Å². The third-order valence-electron chi connectivity index (χ3n) is 5.82. The molecule has 2 atom stereocenters. The third-order valence-corrected chi connectivity index (χ3v) is 7.97. The van der Waals surface area contributed by atoms with Crippen molar-refractivity contribution in [2.24, 2.45) is 0 Å². The molecule has 0 saturated heterocycles. The molecule has 1 aliphatic carbocycles. The molecular formula is C24H33FNO6P. The quantitative estimate of drug-likeness (QED) is 0.268. The average molecular weight is 482 g/mol. The SMILES string of the molecule is O=P(O)(COc1ccc(CCNC[C@H](O)COc2ccc(O)c(F)c2)cc1)C1CCCCC1. The first-order valence-electron chi connectivity index (χ1n) is 11.4. The van der Waals surface area contributed by atoms with Crippen LogP contribution in [0, 0.1) is 5.82 Å². The van der Waals surface area contributed by atoms with Gasteiger partial charge in [0.2, 0.25) is 7.37 Å². The Morgan fingerprint density at radius 2 is 1.76 bits per heavy atom. The highest BCUT2D eigenvalue weighted by atomic mass is 31.2. The van der Waals surface area contributed by atoms with Gasteiger partial charge in [0.15, 0.2) is 17.9 Å². The number of aromatic hydroxyl groups is 1. The molecule has 1 unspecified atom stereocenters. The largest absolute Gasteiger partial charge is 0.505 e. The normalized spacial score (nSPS) is 17.3. The molecule has 1 aliphatic rings. The number of aliphatic hydroxyl groups excluding tert-OH is 1. The van der Waals surface area contributed by atoms with Gasteiger partial charge in [0.1, 0.15) is 24.2 Å². The summed E-state index contributed by atoms with van der Waals surface area (Å²) in [4.78, 5) is 10.3. The number of aliphatic hydroxyl groups is 1. The van der Waals surface area contributed by atoms with Crippen molar-refractivity contribution in [1.82, 2.24) is 5.32 Å². The van der Waals surface area contributed by atoms with E-state index in [1.54, 1.807) is 12.1 Å². The van der Waals surface area contributed by atoms with Gasteiger partial charge in [-0.05, 0) is 55.6 Å². The summed E-state index contributed by atoms with van der Waals surface area (Å²) in [5, 5.41) is 22.3. The predicted molar refractivity (Wildman–Crippen MR) is 125 cm³/mol. The zero-order valence-electron chi connectivity index (χ0n) is 18.7. The van der Waals surface area contributed by atoms with E-state index in [1.165, 1.54) is 12.1 Å². The maximum atomic E-state index is 13.3. The Hall–Kier alpha value is -2.12. The number of ether oxygens (including phenoxy) is 2. The second-order valence-electron chi connectivity index (χ2n) is 8.50. The lowest BCUT2D eigenvalue weighted by Crippen LogP contribution is -2.32. The Bertz CT molecular complexity index is 920. The molecule has 9 heteroatoms. The fourth-order valence-corrected chi connectivity index (χ4v) is 5.56. The van der Waals surface area contributed by atoms with E-state index in [2.05, 4.69) is 5.32 Å². The van der Waals surface area contributed by atoms with Crippen molar-refractivity contribution in [1.29, 1.82) is 0 Å². The minimum atomic E-state index is -3.30. The zero-order chi connectivity index (χ0) is 23.7. The van der Waals surface area contributed by atoms with Gasteiger partial charge in [-0.1, -0.05) is 31.4 Å². The Labute approximate surface area is 194 Å². The summed E-state index contributed by atoms with van der Waals surface area (Å²) >= 11 is 0. The van der Waals surface area contributed by atoms with Crippen LogP contribution in [0.5, 0.6) is 17.2 Å². The molecule has 0 radical (unpaired) electrons. The van der Waals surface area contributed by atoms with E-state index in [-0.39, 0.29) is 24.4 Å². The molecule has 1 fully saturated rings. The average Bonchev–Trinajstić information content (AvgIpc) is 2.82. The molecule has 3 rings (SSSR count). The molecule has 33 heavy (non-hydrogen) atoms. The first-order chi connectivity index (χ1) is 15.8. The minimum absolute atomic E-state index is 0.00117. The number of phenolic OH excluding ortho intramolecular Hbond substituents is 1. The molecule has 182 valence electrons. The number of rotatable bonds is 12. The molecule has 0 aromatic heterocycles. The highest BCUT2D eigenvalue weighted by Crippen LogP contribution is 2.51. The summed E-state index contributed by atoms with van der Waals surface area (Å²) in [6.07, 6.45) is 4.60. The predicted octanol–water partition coefficient (Wildman–Crippen LogP) is 4.04. The van der Waals surface area contributed by atoms with Crippen LogP contribution in [-0.4, -0.2) is 52.9 Å². The van der Waals surface area contributed by atoms with Crippen LogP contribution in [-0.2, 0) is 11.0 Å². The summed E-state index contributed by atoms with van der Waals surface area (Å²) in [7, 11) is -3.30. The molecular weight excluding hydrogens is 448 g/mol. The summed E-state index contributed by atoms with van der Waals surface area (Å²) in [6, 6.07) is 11.1. The van der Waals surface area contributed by atoms with Crippen molar-refractivity contribution in [2.75, 3.05) is 26.0 Å². The molecule has 2 aromatic rings. The van der Waals surface area contributed by atoms with Gasteiger partial charge in [0.05, 0.1) is 0 Å². The van der Waals surface area contributed by atoms with E-state index in [1.807, 2.05) is 12.1 Å². The maximum Gasteiger partial charge on any atom is 0.239 e. The summed E-state index contributed by atoms with van der Waals surface area (Å²) in [6.45, 7) is 0.951. The van der Waals surface area contributed by atoms with Crippen LogP contribution in [0.15, 0.2) is 42.5 Å². The fourth-order valence-electron chi connectivity index (χ4n) is 3.84. The fraction of sp³-hybridized carbons (Fsp3) is 0.500. The number of hydrogen-bond acceptors (Lipinski definition) is 6. The lowest BCUT2D eigenvalue weighted by molar-refractivity contribution is 0.106. The lowest BCUT2D eigenvalue weighted by atomic mass is 10.0. The Morgan fingerprint density at radius 3 is 2.45 bits per heavy atom. The van der Waals surface area contributed by atoms with Crippen LogP contribution in [0.3, 0.4) is 0 Å². The van der Waals surface area contributed by atoms with Crippen molar-refractivity contribution in [3.63, 3.8) is 0 Å². The van der Waals surface area contributed by atoms with Crippen molar-refractivity contribution in [3.8, 4) is 17.2 Å². The van der Waals surface area contributed by atoms with Crippen LogP contribution in [0.25, 0.3) is 0 Å². The van der Waals surface area contributed by atoms with Crippen molar-refractivity contribution in [2.45, 2.75) is 50.3 Å². The Balaban J connectivity index is 1.32. The number of hydrogen-bond donors (Lipinski definition) is 4. The highest BCUT2D eigenvalue weighted by Gasteiger charge is 2.32. The van der Waals surface area contributed by atoms with Gasteiger partial charge in [0, 0.05) is 18.3 Å². The van der Waals surface area contributed by atoms with Crippen LogP contribution in [0.2, 0.25) is 0 Å². The molecule has 0 aliphatic heterocycles. The number of phenols is 1. The minimum Gasteiger partial charge on any atom is -0.505 e. The molecule has 4 N–H and O–H groups in total. The molecule has 0 amide bonds. The molecule has 2 aromatic carbocycles. The monoisotopic (exact) mass is 481 g/mol. The smallest absolute Gasteiger partial charge is 0.239 e.